The van der Waals surface area contributed by atoms with Gasteiger partial charge in [-0.2, -0.15) is 11.8 Å². The van der Waals surface area contributed by atoms with Crippen LogP contribution in [-0.4, -0.2) is 54.0 Å². The topological polar surface area (TPSA) is 69.6 Å². The smallest absolute Gasteiger partial charge is 0.326 e. The van der Waals surface area contributed by atoms with Crippen LogP contribution >= 0.6 is 11.8 Å². The summed E-state index contributed by atoms with van der Waals surface area (Å²) in [5.74, 6) is -0.652. The molecule has 0 radical (unpaired) electrons. The lowest BCUT2D eigenvalue weighted by molar-refractivity contribution is -0.139. The molecule has 0 spiro atoms. The standard InChI is InChI=1S/C15H22N2O3S/c1-17(2)10-11-4-6-12(7-5-11)14(18)16-13(15(19)20)8-9-21-3/h4-7,13H,8-10H2,1-3H3,(H,16,18)(H,19,20)/t13-/m1/s1. The Labute approximate surface area is 129 Å². The van der Waals surface area contributed by atoms with Gasteiger partial charge in [0.25, 0.3) is 5.91 Å². The largest absolute Gasteiger partial charge is 0.480 e. The van der Waals surface area contributed by atoms with E-state index in [1.165, 1.54) is 0 Å². The van der Waals surface area contributed by atoms with E-state index in [-0.39, 0.29) is 5.91 Å². The summed E-state index contributed by atoms with van der Waals surface area (Å²) in [6.45, 7) is 0.799. The van der Waals surface area contributed by atoms with Gasteiger partial charge in [0.05, 0.1) is 0 Å². The minimum Gasteiger partial charge on any atom is -0.480 e. The summed E-state index contributed by atoms with van der Waals surface area (Å²) in [6.07, 6.45) is 2.32. The van der Waals surface area contributed by atoms with Crippen LogP contribution in [-0.2, 0) is 11.3 Å². The van der Waals surface area contributed by atoms with Gasteiger partial charge < -0.3 is 15.3 Å². The Morgan fingerprint density at radius 1 is 1.29 bits per heavy atom. The molecule has 2 N–H and O–H groups in total. The molecule has 0 bridgehead atoms. The van der Waals surface area contributed by atoms with Crippen LogP contribution in [0.3, 0.4) is 0 Å². The number of amides is 1. The van der Waals surface area contributed by atoms with Crippen LogP contribution in [0.1, 0.15) is 22.3 Å². The van der Waals surface area contributed by atoms with Crippen molar-refractivity contribution in [2.24, 2.45) is 0 Å². The number of aliphatic carboxylic acids is 1. The van der Waals surface area contributed by atoms with Crippen molar-refractivity contribution >= 4 is 23.6 Å². The molecule has 0 heterocycles. The molecular weight excluding hydrogens is 288 g/mol. The summed E-state index contributed by atoms with van der Waals surface area (Å²) >= 11 is 1.56. The molecule has 0 aromatic heterocycles. The number of hydrogen-bond acceptors (Lipinski definition) is 4. The number of carbonyl (C=O) groups is 2. The first-order valence-electron chi connectivity index (χ1n) is 6.70. The Kier molecular flexibility index (Phi) is 7.25. The van der Waals surface area contributed by atoms with Gasteiger partial charge >= 0.3 is 5.97 Å². The Morgan fingerprint density at radius 2 is 1.90 bits per heavy atom. The molecule has 1 aromatic rings. The van der Waals surface area contributed by atoms with Crippen LogP contribution in [0.2, 0.25) is 0 Å². The quantitative estimate of drug-likeness (QED) is 0.764. The third kappa shape index (κ3) is 6.18. The molecule has 1 amide bonds. The van der Waals surface area contributed by atoms with Crippen molar-refractivity contribution < 1.29 is 14.7 Å². The van der Waals surface area contributed by atoms with E-state index in [2.05, 4.69) is 5.32 Å². The zero-order chi connectivity index (χ0) is 15.8. The third-order valence-corrected chi connectivity index (χ3v) is 3.57. The SMILES string of the molecule is CSCC[C@@H](NC(=O)c1ccc(CN(C)C)cc1)C(=O)O. The number of thioether (sulfide) groups is 1. The first kappa shape index (κ1) is 17.5. The van der Waals surface area contributed by atoms with Crippen molar-refractivity contribution in [3.05, 3.63) is 35.4 Å². The van der Waals surface area contributed by atoms with Gasteiger partial charge in [-0.1, -0.05) is 12.1 Å². The molecule has 1 aromatic carbocycles. The fourth-order valence-corrected chi connectivity index (χ4v) is 2.33. The molecular formula is C15H22N2O3S. The van der Waals surface area contributed by atoms with E-state index in [9.17, 15) is 9.59 Å². The number of hydrogen-bond donors (Lipinski definition) is 2. The molecule has 0 aliphatic carbocycles. The maximum absolute atomic E-state index is 12.1. The molecule has 0 aliphatic rings. The summed E-state index contributed by atoms with van der Waals surface area (Å²) in [5, 5.41) is 11.7. The molecule has 0 aliphatic heterocycles. The van der Waals surface area contributed by atoms with E-state index in [1.807, 2.05) is 37.4 Å². The Hall–Kier alpha value is -1.53. The number of nitrogens with zero attached hydrogens (tertiary/aromatic N) is 1. The molecule has 116 valence electrons. The summed E-state index contributed by atoms with van der Waals surface area (Å²) < 4.78 is 0. The lowest BCUT2D eigenvalue weighted by atomic mass is 10.1. The van der Waals surface area contributed by atoms with Crippen LogP contribution in [0.15, 0.2) is 24.3 Å². The number of nitrogens with one attached hydrogen (secondary N) is 1. The molecule has 0 saturated carbocycles. The van der Waals surface area contributed by atoms with Crippen LogP contribution in [0.25, 0.3) is 0 Å². The minimum absolute atomic E-state index is 0.347. The van der Waals surface area contributed by atoms with Gasteiger partial charge in [0, 0.05) is 12.1 Å². The predicted octanol–water partition coefficient (Wildman–Crippen LogP) is 1.68. The Balaban J connectivity index is 2.67. The monoisotopic (exact) mass is 310 g/mol. The van der Waals surface area contributed by atoms with E-state index in [4.69, 9.17) is 5.11 Å². The molecule has 6 heteroatoms. The van der Waals surface area contributed by atoms with Gasteiger partial charge in [-0.3, -0.25) is 4.79 Å². The lowest BCUT2D eigenvalue weighted by Crippen LogP contribution is -2.41. The van der Waals surface area contributed by atoms with Crippen LogP contribution in [0, 0.1) is 0 Å². The second-order valence-electron chi connectivity index (χ2n) is 5.08. The summed E-state index contributed by atoms with van der Waals surface area (Å²) in [5.41, 5.74) is 1.58. The van der Waals surface area contributed by atoms with Gasteiger partial charge in [-0.25, -0.2) is 4.79 Å². The molecule has 5 nitrogen and oxygen atoms in total. The van der Waals surface area contributed by atoms with Gasteiger partial charge in [0.15, 0.2) is 0 Å². The molecule has 0 saturated heterocycles. The van der Waals surface area contributed by atoms with Crippen molar-refractivity contribution in [3.8, 4) is 0 Å². The number of rotatable bonds is 8. The zero-order valence-electron chi connectivity index (χ0n) is 12.6. The summed E-state index contributed by atoms with van der Waals surface area (Å²) in [6, 6.07) is 6.37. The highest BCUT2D eigenvalue weighted by molar-refractivity contribution is 7.98. The number of carboxylic acid groups (broad SMARTS) is 1. The zero-order valence-corrected chi connectivity index (χ0v) is 13.4. The maximum Gasteiger partial charge on any atom is 0.326 e. The van der Waals surface area contributed by atoms with E-state index < -0.39 is 12.0 Å². The van der Waals surface area contributed by atoms with E-state index >= 15 is 0 Å². The summed E-state index contributed by atoms with van der Waals surface area (Å²) in [7, 11) is 3.95. The fourth-order valence-electron chi connectivity index (χ4n) is 1.86. The van der Waals surface area contributed by atoms with Gasteiger partial charge in [0.1, 0.15) is 6.04 Å². The third-order valence-electron chi connectivity index (χ3n) is 2.93. The lowest BCUT2D eigenvalue weighted by Gasteiger charge is -2.14. The van der Waals surface area contributed by atoms with Crippen molar-refractivity contribution in [1.82, 2.24) is 10.2 Å². The average molecular weight is 310 g/mol. The molecule has 0 unspecified atom stereocenters. The van der Waals surface area contributed by atoms with Crippen LogP contribution < -0.4 is 5.32 Å². The van der Waals surface area contributed by atoms with Crippen LogP contribution in [0.4, 0.5) is 0 Å². The second-order valence-corrected chi connectivity index (χ2v) is 6.07. The highest BCUT2D eigenvalue weighted by Gasteiger charge is 2.20. The maximum atomic E-state index is 12.1. The molecule has 1 rings (SSSR count). The van der Waals surface area contributed by atoms with Crippen molar-refractivity contribution in [2.75, 3.05) is 26.1 Å². The first-order valence-corrected chi connectivity index (χ1v) is 8.09. The van der Waals surface area contributed by atoms with Crippen molar-refractivity contribution in [1.29, 1.82) is 0 Å². The van der Waals surface area contributed by atoms with Gasteiger partial charge in [-0.05, 0) is 50.2 Å². The predicted molar refractivity (Wildman–Crippen MR) is 85.7 cm³/mol. The number of carbonyl (C=O) groups excluding carboxylic acids is 1. The fraction of sp³-hybridized carbons (Fsp3) is 0.467. The van der Waals surface area contributed by atoms with Crippen molar-refractivity contribution in [2.45, 2.75) is 19.0 Å². The summed E-state index contributed by atoms with van der Waals surface area (Å²) in [4.78, 5) is 25.2. The van der Waals surface area contributed by atoms with E-state index in [1.54, 1.807) is 23.9 Å². The number of carboxylic acids is 1. The molecule has 0 fully saturated rings. The molecule has 21 heavy (non-hydrogen) atoms. The van der Waals surface area contributed by atoms with E-state index in [0.717, 1.165) is 12.1 Å². The van der Waals surface area contributed by atoms with Gasteiger partial charge in [-0.15, -0.1) is 0 Å². The highest BCUT2D eigenvalue weighted by Crippen LogP contribution is 2.08. The van der Waals surface area contributed by atoms with Gasteiger partial charge in [0.2, 0.25) is 0 Å². The first-order chi connectivity index (χ1) is 9.93. The molecule has 1 atom stereocenters. The Morgan fingerprint density at radius 3 is 2.38 bits per heavy atom. The van der Waals surface area contributed by atoms with E-state index in [0.29, 0.717) is 17.7 Å². The minimum atomic E-state index is -0.998. The number of benzene rings is 1. The average Bonchev–Trinajstić information content (AvgIpc) is 2.43. The Bertz CT molecular complexity index is 474. The highest BCUT2D eigenvalue weighted by atomic mass is 32.2. The second kappa shape index (κ2) is 8.69. The van der Waals surface area contributed by atoms with Crippen LogP contribution in [0.5, 0.6) is 0 Å². The normalized spacial score (nSPS) is 12.2. The van der Waals surface area contributed by atoms with Crippen molar-refractivity contribution in [3.63, 3.8) is 0 Å².